The summed E-state index contributed by atoms with van der Waals surface area (Å²) in [6, 6.07) is 14.2. The van der Waals surface area contributed by atoms with Crippen LogP contribution in [0.15, 0.2) is 48.5 Å². The summed E-state index contributed by atoms with van der Waals surface area (Å²) < 4.78 is 29.0. The number of aliphatic hydroxyl groups excluding tert-OH is 1. The SMILES string of the molecule is Cc1ccc(C(=O)N(C)CN(C)C(=O)c2ccc(C3OC4C(O)OC5COC(C)OC5C4O3)cc2)cc1. The highest BCUT2D eigenvalue weighted by Crippen LogP contribution is 2.41. The van der Waals surface area contributed by atoms with Crippen LogP contribution in [0.25, 0.3) is 0 Å². The summed E-state index contributed by atoms with van der Waals surface area (Å²) in [4.78, 5) is 28.7. The Labute approximate surface area is 215 Å². The van der Waals surface area contributed by atoms with E-state index in [9.17, 15) is 14.7 Å². The Kier molecular flexibility index (Phi) is 7.30. The predicted octanol–water partition coefficient (Wildman–Crippen LogP) is 2.06. The number of ether oxygens (including phenoxy) is 5. The van der Waals surface area contributed by atoms with Crippen LogP contribution in [0.1, 0.15) is 45.1 Å². The molecule has 0 aromatic heterocycles. The molecule has 10 heteroatoms. The minimum atomic E-state index is -1.16. The van der Waals surface area contributed by atoms with Crippen molar-refractivity contribution < 1.29 is 38.4 Å². The van der Waals surface area contributed by atoms with E-state index < -0.39 is 43.3 Å². The molecule has 3 saturated heterocycles. The van der Waals surface area contributed by atoms with E-state index in [2.05, 4.69) is 0 Å². The number of carbonyl (C=O) groups is 2. The van der Waals surface area contributed by atoms with Gasteiger partial charge < -0.3 is 38.6 Å². The van der Waals surface area contributed by atoms with Crippen molar-refractivity contribution in [1.29, 1.82) is 0 Å². The summed E-state index contributed by atoms with van der Waals surface area (Å²) in [5.41, 5.74) is 2.80. The highest BCUT2D eigenvalue weighted by atomic mass is 16.8. The Balaban J connectivity index is 1.21. The van der Waals surface area contributed by atoms with E-state index in [0.717, 1.165) is 5.56 Å². The van der Waals surface area contributed by atoms with Gasteiger partial charge in [-0.3, -0.25) is 9.59 Å². The fraction of sp³-hybridized carbons (Fsp3) is 0.481. The molecule has 3 aliphatic heterocycles. The Morgan fingerprint density at radius 1 is 0.838 bits per heavy atom. The first-order valence-electron chi connectivity index (χ1n) is 12.3. The molecule has 0 bridgehead atoms. The zero-order valence-electron chi connectivity index (χ0n) is 21.3. The second-order valence-corrected chi connectivity index (χ2v) is 9.74. The highest BCUT2D eigenvalue weighted by molar-refractivity contribution is 5.96. The van der Waals surface area contributed by atoms with Crippen LogP contribution in [0.3, 0.4) is 0 Å². The number of benzene rings is 2. The molecule has 1 N–H and O–H groups in total. The molecular weight excluding hydrogens is 480 g/mol. The van der Waals surface area contributed by atoms with E-state index >= 15 is 0 Å². The summed E-state index contributed by atoms with van der Waals surface area (Å²) in [6.45, 7) is 4.19. The number of aryl methyl sites for hydroxylation is 1. The van der Waals surface area contributed by atoms with Crippen LogP contribution in [0, 0.1) is 6.92 Å². The van der Waals surface area contributed by atoms with E-state index in [4.69, 9.17) is 23.7 Å². The molecule has 5 rings (SSSR count). The summed E-state index contributed by atoms with van der Waals surface area (Å²) >= 11 is 0. The molecule has 7 atom stereocenters. The van der Waals surface area contributed by atoms with E-state index in [0.29, 0.717) is 23.3 Å². The monoisotopic (exact) mass is 512 g/mol. The fourth-order valence-electron chi connectivity index (χ4n) is 4.83. The van der Waals surface area contributed by atoms with Gasteiger partial charge in [-0.05, 0) is 38.1 Å². The van der Waals surface area contributed by atoms with Gasteiger partial charge in [0.1, 0.15) is 24.4 Å². The minimum absolute atomic E-state index is 0.133. The lowest BCUT2D eigenvalue weighted by Gasteiger charge is -2.44. The van der Waals surface area contributed by atoms with Crippen molar-refractivity contribution in [1.82, 2.24) is 9.80 Å². The van der Waals surface area contributed by atoms with E-state index in [1.54, 1.807) is 57.4 Å². The summed E-state index contributed by atoms with van der Waals surface area (Å²) in [5, 5.41) is 10.4. The quantitative estimate of drug-likeness (QED) is 0.607. The van der Waals surface area contributed by atoms with Gasteiger partial charge >= 0.3 is 0 Å². The van der Waals surface area contributed by atoms with Gasteiger partial charge in [-0.15, -0.1) is 0 Å². The van der Waals surface area contributed by atoms with Crippen LogP contribution < -0.4 is 0 Å². The topological polar surface area (TPSA) is 107 Å². The van der Waals surface area contributed by atoms with Crippen LogP contribution in [0.2, 0.25) is 0 Å². The first kappa shape index (κ1) is 25.8. The highest BCUT2D eigenvalue weighted by Gasteiger charge is 2.55. The number of fused-ring (bicyclic) bond motifs is 3. The number of hydrogen-bond acceptors (Lipinski definition) is 8. The average molecular weight is 513 g/mol. The second-order valence-electron chi connectivity index (χ2n) is 9.74. The molecule has 2 aromatic rings. The Morgan fingerprint density at radius 2 is 1.41 bits per heavy atom. The Hall–Kier alpha value is -2.86. The molecule has 198 valence electrons. The number of amides is 2. The molecule has 10 nitrogen and oxygen atoms in total. The molecule has 0 spiro atoms. The normalized spacial score (nSPS) is 30.8. The van der Waals surface area contributed by atoms with Gasteiger partial charge in [0.2, 0.25) is 0 Å². The van der Waals surface area contributed by atoms with Crippen molar-refractivity contribution in [3.63, 3.8) is 0 Å². The first-order chi connectivity index (χ1) is 17.7. The van der Waals surface area contributed by atoms with Crippen molar-refractivity contribution in [2.75, 3.05) is 27.4 Å². The number of aliphatic hydroxyl groups is 1. The predicted molar refractivity (Wildman–Crippen MR) is 130 cm³/mol. The van der Waals surface area contributed by atoms with Crippen molar-refractivity contribution in [2.24, 2.45) is 0 Å². The van der Waals surface area contributed by atoms with Gasteiger partial charge in [0.25, 0.3) is 11.8 Å². The standard InChI is InChI=1S/C27H32N2O8/c1-15-5-7-17(8-6-15)24(30)28(3)14-29(4)25(31)18-9-11-19(12-10-18)27-36-22-21-20(13-33-16(2)34-21)35-26(32)23(22)37-27/h5-12,16,20-23,26-27,32H,13-14H2,1-4H3. The van der Waals surface area contributed by atoms with Crippen molar-refractivity contribution in [3.05, 3.63) is 70.8 Å². The average Bonchev–Trinajstić information content (AvgIpc) is 3.35. The molecular formula is C27H32N2O8. The molecule has 2 aromatic carbocycles. The van der Waals surface area contributed by atoms with Crippen LogP contribution >= 0.6 is 0 Å². The van der Waals surface area contributed by atoms with Crippen molar-refractivity contribution in [2.45, 2.75) is 57.1 Å². The fourth-order valence-corrected chi connectivity index (χ4v) is 4.83. The number of hydrogen-bond donors (Lipinski definition) is 1. The van der Waals surface area contributed by atoms with E-state index in [-0.39, 0.29) is 18.5 Å². The summed E-state index contributed by atoms with van der Waals surface area (Å²) in [5.74, 6) is -0.392. The molecule has 0 aliphatic carbocycles. The molecule has 37 heavy (non-hydrogen) atoms. The Bertz CT molecular complexity index is 1120. The number of rotatable bonds is 5. The first-order valence-corrected chi connectivity index (χ1v) is 12.3. The molecule has 3 heterocycles. The zero-order chi connectivity index (χ0) is 26.3. The lowest BCUT2D eigenvalue weighted by atomic mass is 9.98. The second kappa shape index (κ2) is 10.5. The van der Waals surface area contributed by atoms with Gasteiger partial charge in [0.15, 0.2) is 18.9 Å². The van der Waals surface area contributed by atoms with Crippen LogP contribution in [-0.2, 0) is 23.7 Å². The maximum atomic E-state index is 13.0. The maximum Gasteiger partial charge on any atom is 0.255 e. The van der Waals surface area contributed by atoms with Gasteiger partial charge in [-0.2, -0.15) is 0 Å². The van der Waals surface area contributed by atoms with Gasteiger partial charge in [0.05, 0.1) is 13.3 Å². The molecule has 3 aliphatic rings. The number of carbonyl (C=O) groups excluding carboxylic acids is 2. The summed E-state index contributed by atoms with van der Waals surface area (Å²) in [7, 11) is 3.31. The third-order valence-corrected chi connectivity index (χ3v) is 6.86. The van der Waals surface area contributed by atoms with Crippen molar-refractivity contribution in [3.8, 4) is 0 Å². The summed E-state index contributed by atoms with van der Waals surface area (Å²) in [6.07, 6.45) is -4.39. The molecule has 0 radical (unpaired) electrons. The molecule has 3 fully saturated rings. The van der Waals surface area contributed by atoms with Crippen LogP contribution in [0.5, 0.6) is 0 Å². The zero-order valence-corrected chi connectivity index (χ0v) is 21.3. The molecule has 7 unspecified atom stereocenters. The van der Waals surface area contributed by atoms with Crippen LogP contribution in [0.4, 0.5) is 0 Å². The third kappa shape index (κ3) is 5.26. The van der Waals surface area contributed by atoms with Crippen molar-refractivity contribution >= 4 is 11.8 Å². The lowest BCUT2D eigenvalue weighted by Crippen LogP contribution is -2.61. The molecule has 0 saturated carbocycles. The number of nitrogens with zero attached hydrogens (tertiary/aromatic N) is 2. The largest absolute Gasteiger partial charge is 0.366 e. The van der Waals surface area contributed by atoms with Gasteiger partial charge in [-0.25, -0.2) is 0 Å². The minimum Gasteiger partial charge on any atom is -0.366 e. The smallest absolute Gasteiger partial charge is 0.255 e. The van der Waals surface area contributed by atoms with Crippen LogP contribution in [-0.4, -0.2) is 91.1 Å². The van der Waals surface area contributed by atoms with E-state index in [1.807, 2.05) is 19.1 Å². The maximum absolute atomic E-state index is 13.0. The van der Waals surface area contributed by atoms with Gasteiger partial charge in [0, 0.05) is 30.8 Å². The van der Waals surface area contributed by atoms with Gasteiger partial charge in [-0.1, -0.05) is 29.8 Å². The van der Waals surface area contributed by atoms with E-state index in [1.165, 1.54) is 9.80 Å². The Morgan fingerprint density at radius 3 is 2.03 bits per heavy atom. The lowest BCUT2D eigenvalue weighted by molar-refractivity contribution is -0.333. The molecule has 2 amide bonds. The third-order valence-electron chi connectivity index (χ3n) is 6.86.